The van der Waals surface area contributed by atoms with Crippen molar-refractivity contribution in [2.75, 3.05) is 33.4 Å². The number of hydrogen-bond donors (Lipinski definition) is 0. The van der Waals surface area contributed by atoms with E-state index in [0.717, 1.165) is 30.6 Å². The second kappa shape index (κ2) is 6.88. The van der Waals surface area contributed by atoms with Crippen molar-refractivity contribution >= 4 is 0 Å². The summed E-state index contributed by atoms with van der Waals surface area (Å²) in [6.45, 7) is 9.71. The van der Waals surface area contributed by atoms with E-state index >= 15 is 0 Å². The van der Waals surface area contributed by atoms with Crippen LogP contribution in [0.3, 0.4) is 0 Å². The highest BCUT2D eigenvalue weighted by Gasteiger charge is 2.36. The Balaban J connectivity index is 1.71. The second-order valence-corrected chi connectivity index (χ2v) is 6.37. The van der Waals surface area contributed by atoms with E-state index in [-0.39, 0.29) is 0 Å². The lowest BCUT2D eigenvalue weighted by Crippen LogP contribution is -2.55. The van der Waals surface area contributed by atoms with Crippen LogP contribution in [0.15, 0.2) is 18.2 Å². The lowest BCUT2D eigenvalue weighted by Gasteiger charge is -2.43. The Labute approximate surface area is 134 Å². The van der Waals surface area contributed by atoms with Gasteiger partial charge in [-0.15, -0.1) is 0 Å². The van der Waals surface area contributed by atoms with Gasteiger partial charge in [0.05, 0.1) is 13.7 Å². The van der Waals surface area contributed by atoms with Gasteiger partial charge in [0.15, 0.2) is 11.5 Å². The van der Waals surface area contributed by atoms with Crippen LogP contribution in [0.4, 0.5) is 0 Å². The molecule has 0 saturated carbocycles. The first-order chi connectivity index (χ1) is 10.7. The van der Waals surface area contributed by atoms with E-state index in [4.69, 9.17) is 9.47 Å². The van der Waals surface area contributed by atoms with Gasteiger partial charge in [-0.2, -0.15) is 0 Å². The molecule has 2 aliphatic heterocycles. The maximum absolute atomic E-state index is 5.70. The Morgan fingerprint density at radius 3 is 2.82 bits per heavy atom. The first-order valence-electron chi connectivity index (χ1n) is 8.50. The minimum atomic E-state index is 0.633. The maximum Gasteiger partial charge on any atom is 0.161 e. The summed E-state index contributed by atoms with van der Waals surface area (Å²) in [6, 6.07) is 7.70. The van der Waals surface area contributed by atoms with Gasteiger partial charge >= 0.3 is 0 Å². The van der Waals surface area contributed by atoms with Crippen molar-refractivity contribution in [3.8, 4) is 11.5 Å². The van der Waals surface area contributed by atoms with E-state index in [1.807, 2.05) is 13.0 Å². The van der Waals surface area contributed by atoms with Crippen molar-refractivity contribution < 1.29 is 9.47 Å². The normalized spacial score (nSPS) is 26.0. The van der Waals surface area contributed by atoms with Crippen LogP contribution in [-0.4, -0.2) is 55.2 Å². The third-order valence-corrected chi connectivity index (χ3v) is 5.14. The summed E-state index contributed by atoms with van der Waals surface area (Å²) in [7, 11) is 1.69. The van der Waals surface area contributed by atoms with Crippen LogP contribution in [0.1, 0.15) is 32.3 Å². The average molecular weight is 304 g/mol. The number of hydrogen-bond acceptors (Lipinski definition) is 4. The van der Waals surface area contributed by atoms with Gasteiger partial charge in [0, 0.05) is 31.7 Å². The van der Waals surface area contributed by atoms with Gasteiger partial charge in [0.2, 0.25) is 0 Å². The highest BCUT2D eigenvalue weighted by molar-refractivity contribution is 5.43. The van der Waals surface area contributed by atoms with Crippen LogP contribution in [0.25, 0.3) is 0 Å². The molecule has 0 bridgehead atoms. The molecule has 4 nitrogen and oxygen atoms in total. The monoisotopic (exact) mass is 304 g/mol. The van der Waals surface area contributed by atoms with E-state index in [0.29, 0.717) is 12.6 Å². The van der Waals surface area contributed by atoms with Crippen LogP contribution in [-0.2, 0) is 6.54 Å². The van der Waals surface area contributed by atoms with Crippen molar-refractivity contribution in [2.24, 2.45) is 0 Å². The molecule has 0 aromatic heterocycles. The molecular formula is C18H28N2O2. The van der Waals surface area contributed by atoms with E-state index < -0.39 is 0 Å². The van der Waals surface area contributed by atoms with E-state index in [2.05, 4.69) is 28.9 Å². The molecule has 22 heavy (non-hydrogen) atoms. The smallest absolute Gasteiger partial charge is 0.161 e. The number of fused-ring (bicyclic) bond motifs is 1. The Morgan fingerprint density at radius 1 is 1.18 bits per heavy atom. The molecule has 0 radical (unpaired) electrons. The van der Waals surface area contributed by atoms with Gasteiger partial charge in [-0.1, -0.05) is 6.07 Å². The number of piperazine rings is 1. The molecule has 2 fully saturated rings. The van der Waals surface area contributed by atoms with Crippen LogP contribution in [0.2, 0.25) is 0 Å². The molecule has 1 aromatic rings. The molecule has 0 N–H and O–H groups in total. The highest BCUT2D eigenvalue weighted by atomic mass is 16.5. The van der Waals surface area contributed by atoms with E-state index in [1.54, 1.807) is 7.11 Å². The topological polar surface area (TPSA) is 24.9 Å². The molecule has 0 aliphatic carbocycles. The minimum absolute atomic E-state index is 0.633. The molecule has 2 atom stereocenters. The second-order valence-electron chi connectivity index (χ2n) is 6.37. The largest absolute Gasteiger partial charge is 0.493 e. The number of rotatable bonds is 5. The summed E-state index contributed by atoms with van der Waals surface area (Å²) in [5, 5.41) is 0. The SMILES string of the molecule is CCOc1cc(CN2CCN3CCCC3C2C)ccc1OC. The lowest BCUT2D eigenvalue weighted by atomic mass is 10.0. The summed E-state index contributed by atoms with van der Waals surface area (Å²) >= 11 is 0. The molecule has 1 aromatic carbocycles. The molecule has 4 heteroatoms. The molecular weight excluding hydrogens is 276 g/mol. The molecule has 2 aliphatic rings. The molecule has 0 spiro atoms. The Bertz CT molecular complexity index is 506. The van der Waals surface area contributed by atoms with E-state index in [9.17, 15) is 0 Å². The number of methoxy groups -OCH3 is 1. The van der Waals surface area contributed by atoms with Crippen molar-refractivity contribution in [1.82, 2.24) is 9.80 Å². The summed E-state index contributed by atoms with van der Waals surface area (Å²) in [5.41, 5.74) is 1.31. The van der Waals surface area contributed by atoms with Crippen molar-refractivity contribution in [3.05, 3.63) is 23.8 Å². The third-order valence-electron chi connectivity index (χ3n) is 5.14. The van der Waals surface area contributed by atoms with Gasteiger partial charge < -0.3 is 9.47 Å². The molecule has 122 valence electrons. The summed E-state index contributed by atoms with van der Waals surface area (Å²) < 4.78 is 11.1. The zero-order valence-electron chi connectivity index (χ0n) is 14.0. The van der Waals surface area contributed by atoms with Crippen molar-refractivity contribution in [1.29, 1.82) is 0 Å². The number of benzene rings is 1. The van der Waals surface area contributed by atoms with Crippen LogP contribution in [0, 0.1) is 0 Å². The maximum atomic E-state index is 5.70. The minimum Gasteiger partial charge on any atom is -0.493 e. The quantitative estimate of drug-likeness (QED) is 0.835. The average Bonchev–Trinajstić information content (AvgIpc) is 3.00. The number of nitrogens with zero attached hydrogens (tertiary/aromatic N) is 2. The Hall–Kier alpha value is -1.26. The van der Waals surface area contributed by atoms with Crippen LogP contribution in [0.5, 0.6) is 11.5 Å². The zero-order chi connectivity index (χ0) is 15.5. The van der Waals surface area contributed by atoms with Crippen molar-refractivity contribution in [3.63, 3.8) is 0 Å². The fourth-order valence-electron chi connectivity index (χ4n) is 3.93. The highest BCUT2D eigenvalue weighted by Crippen LogP contribution is 2.31. The fraction of sp³-hybridized carbons (Fsp3) is 0.667. The van der Waals surface area contributed by atoms with E-state index in [1.165, 1.54) is 31.5 Å². The Kier molecular flexibility index (Phi) is 4.89. The molecule has 0 amide bonds. The van der Waals surface area contributed by atoms with Gasteiger partial charge in [0.25, 0.3) is 0 Å². The summed E-state index contributed by atoms with van der Waals surface area (Å²) in [4.78, 5) is 5.28. The van der Waals surface area contributed by atoms with Crippen LogP contribution >= 0.6 is 0 Å². The van der Waals surface area contributed by atoms with Crippen molar-refractivity contribution in [2.45, 2.75) is 45.3 Å². The molecule has 2 unspecified atom stereocenters. The summed E-state index contributed by atoms with van der Waals surface area (Å²) in [6.07, 6.45) is 2.71. The molecule has 2 saturated heterocycles. The van der Waals surface area contributed by atoms with Gasteiger partial charge in [-0.25, -0.2) is 0 Å². The number of ether oxygens (including phenoxy) is 2. The predicted octanol–water partition coefficient (Wildman–Crippen LogP) is 2.76. The third kappa shape index (κ3) is 3.08. The predicted molar refractivity (Wildman–Crippen MR) is 88.6 cm³/mol. The first-order valence-corrected chi connectivity index (χ1v) is 8.50. The molecule has 3 rings (SSSR count). The van der Waals surface area contributed by atoms with Crippen LogP contribution < -0.4 is 9.47 Å². The fourth-order valence-corrected chi connectivity index (χ4v) is 3.93. The first kappa shape index (κ1) is 15.6. The summed E-state index contributed by atoms with van der Waals surface area (Å²) in [5.74, 6) is 1.67. The zero-order valence-corrected chi connectivity index (χ0v) is 14.0. The van der Waals surface area contributed by atoms with Gasteiger partial charge in [-0.3, -0.25) is 9.80 Å². The standard InChI is InChI=1S/C18H28N2O2/c1-4-22-18-12-15(7-8-17(18)21-3)13-20-11-10-19-9-5-6-16(19)14(20)2/h7-8,12,14,16H,4-6,9-11,13H2,1-3H3. The Morgan fingerprint density at radius 2 is 2.05 bits per heavy atom. The van der Waals surface area contributed by atoms with Gasteiger partial charge in [0.1, 0.15) is 0 Å². The van der Waals surface area contributed by atoms with Gasteiger partial charge in [-0.05, 0) is 50.9 Å². The lowest BCUT2D eigenvalue weighted by molar-refractivity contribution is 0.0470. The molecule has 2 heterocycles.